The summed E-state index contributed by atoms with van der Waals surface area (Å²) in [6, 6.07) is 6.80. The molecule has 23 heavy (non-hydrogen) atoms. The number of hydrogen-bond donors (Lipinski definition) is 2. The molecular weight excluding hydrogens is 316 g/mol. The van der Waals surface area contributed by atoms with Gasteiger partial charge in [-0.05, 0) is 30.2 Å². The van der Waals surface area contributed by atoms with Crippen molar-refractivity contribution in [3.63, 3.8) is 0 Å². The summed E-state index contributed by atoms with van der Waals surface area (Å²) < 4.78 is 0. The van der Waals surface area contributed by atoms with Crippen LogP contribution in [0.1, 0.15) is 23.7 Å². The van der Waals surface area contributed by atoms with Crippen molar-refractivity contribution in [2.45, 2.75) is 13.3 Å². The van der Waals surface area contributed by atoms with Gasteiger partial charge in [0.05, 0.1) is 6.61 Å². The Morgan fingerprint density at radius 1 is 1.35 bits per heavy atom. The number of aliphatic hydroxyl groups is 1. The monoisotopic (exact) mass is 336 g/mol. The molecular formula is C16H20N2O4S. The predicted molar refractivity (Wildman–Crippen MR) is 89.5 cm³/mol. The normalized spacial score (nSPS) is 17.4. The minimum atomic E-state index is -0.255. The van der Waals surface area contributed by atoms with Gasteiger partial charge >= 0.3 is 0 Å². The molecule has 2 amide bonds. The molecule has 1 saturated heterocycles. The molecule has 1 aromatic rings. The fraction of sp³-hybridized carbons (Fsp3) is 0.438. The smallest absolute Gasteiger partial charge is 0.251 e. The number of amides is 2. The number of carbonyl (C=O) groups excluding carboxylic acids is 3. The molecule has 0 aliphatic carbocycles. The van der Waals surface area contributed by atoms with Crippen molar-refractivity contribution in [1.82, 2.24) is 5.32 Å². The zero-order chi connectivity index (χ0) is 16.8. The van der Waals surface area contributed by atoms with E-state index in [4.69, 9.17) is 5.11 Å². The molecule has 1 unspecified atom stereocenters. The standard InChI is InChI=1S/C16H20N2O4S/c1-11(20)23-10-12-8-15(21)18(9-12)14-4-2-13(3-5-14)16(22)17-6-7-19/h2-5,12,19H,6-10H2,1H3,(H,17,22). The molecule has 124 valence electrons. The third-order valence-corrected chi connectivity index (χ3v) is 4.61. The van der Waals surface area contributed by atoms with Crippen LogP contribution in [0.5, 0.6) is 0 Å². The van der Waals surface area contributed by atoms with E-state index in [0.29, 0.717) is 24.3 Å². The number of anilines is 1. The van der Waals surface area contributed by atoms with E-state index in [9.17, 15) is 14.4 Å². The minimum Gasteiger partial charge on any atom is -0.395 e. The van der Waals surface area contributed by atoms with Crippen LogP contribution in [0.3, 0.4) is 0 Å². The fourth-order valence-electron chi connectivity index (χ4n) is 2.44. The SMILES string of the molecule is CC(=O)SCC1CC(=O)N(c2ccc(C(=O)NCCO)cc2)C1. The number of nitrogens with one attached hydrogen (secondary N) is 1. The molecule has 0 bridgehead atoms. The second-order valence-electron chi connectivity index (χ2n) is 5.40. The van der Waals surface area contributed by atoms with E-state index in [1.165, 1.54) is 18.7 Å². The Balaban J connectivity index is 1.98. The largest absolute Gasteiger partial charge is 0.395 e. The first kappa shape index (κ1) is 17.5. The van der Waals surface area contributed by atoms with Crippen LogP contribution >= 0.6 is 11.8 Å². The van der Waals surface area contributed by atoms with Crippen LogP contribution < -0.4 is 10.2 Å². The highest BCUT2D eigenvalue weighted by molar-refractivity contribution is 8.13. The van der Waals surface area contributed by atoms with Gasteiger partial charge < -0.3 is 15.3 Å². The highest BCUT2D eigenvalue weighted by Gasteiger charge is 2.30. The van der Waals surface area contributed by atoms with Crippen molar-refractivity contribution in [2.75, 3.05) is 30.3 Å². The maximum absolute atomic E-state index is 12.1. The number of nitrogens with zero attached hydrogens (tertiary/aromatic N) is 1. The number of rotatable bonds is 6. The molecule has 0 aromatic heterocycles. The molecule has 2 rings (SSSR count). The first-order valence-corrected chi connectivity index (χ1v) is 8.42. The fourth-order valence-corrected chi connectivity index (χ4v) is 3.14. The van der Waals surface area contributed by atoms with Crippen molar-refractivity contribution >= 4 is 34.4 Å². The highest BCUT2D eigenvalue weighted by atomic mass is 32.2. The Kier molecular flexibility index (Phi) is 6.18. The summed E-state index contributed by atoms with van der Waals surface area (Å²) in [6.45, 7) is 2.22. The predicted octanol–water partition coefficient (Wildman–Crippen LogP) is 1.04. The topological polar surface area (TPSA) is 86.7 Å². The van der Waals surface area contributed by atoms with Crippen LogP contribution in [0.25, 0.3) is 0 Å². The zero-order valence-electron chi connectivity index (χ0n) is 12.9. The summed E-state index contributed by atoms with van der Waals surface area (Å²) in [7, 11) is 0. The number of aliphatic hydroxyl groups excluding tert-OH is 1. The molecule has 1 atom stereocenters. The second kappa shape index (κ2) is 8.12. The van der Waals surface area contributed by atoms with Gasteiger partial charge in [-0.15, -0.1) is 0 Å². The van der Waals surface area contributed by atoms with Crippen molar-refractivity contribution < 1.29 is 19.5 Å². The van der Waals surface area contributed by atoms with E-state index < -0.39 is 0 Å². The first-order chi connectivity index (χ1) is 11.0. The summed E-state index contributed by atoms with van der Waals surface area (Å²) in [6.07, 6.45) is 0.443. The van der Waals surface area contributed by atoms with Gasteiger partial charge in [-0.2, -0.15) is 0 Å². The minimum absolute atomic E-state index is 0.0386. The van der Waals surface area contributed by atoms with Gasteiger partial charge in [-0.3, -0.25) is 14.4 Å². The van der Waals surface area contributed by atoms with Crippen molar-refractivity contribution in [3.05, 3.63) is 29.8 Å². The van der Waals surface area contributed by atoms with Gasteiger partial charge in [0.15, 0.2) is 5.12 Å². The molecule has 0 radical (unpaired) electrons. The number of thioether (sulfide) groups is 1. The Morgan fingerprint density at radius 2 is 2.04 bits per heavy atom. The average Bonchev–Trinajstić information content (AvgIpc) is 2.91. The molecule has 1 heterocycles. The lowest BCUT2D eigenvalue weighted by Gasteiger charge is -2.17. The summed E-state index contributed by atoms with van der Waals surface area (Å²) in [5.74, 6) is 0.605. The van der Waals surface area contributed by atoms with Crippen LogP contribution in [-0.4, -0.2) is 47.5 Å². The lowest BCUT2D eigenvalue weighted by Crippen LogP contribution is -2.27. The number of carbonyl (C=O) groups is 3. The van der Waals surface area contributed by atoms with E-state index in [-0.39, 0.29) is 36.0 Å². The second-order valence-corrected chi connectivity index (χ2v) is 6.60. The molecule has 0 saturated carbocycles. The van der Waals surface area contributed by atoms with E-state index in [0.717, 1.165) is 5.69 Å². The third kappa shape index (κ3) is 4.80. The summed E-state index contributed by atoms with van der Waals surface area (Å²) in [4.78, 5) is 36.6. The Morgan fingerprint density at radius 3 is 2.65 bits per heavy atom. The van der Waals surface area contributed by atoms with Crippen LogP contribution in [0.15, 0.2) is 24.3 Å². The van der Waals surface area contributed by atoms with Gasteiger partial charge in [0.2, 0.25) is 5.91 Å². The van der Waals surface area contributed by atoms with Gasteiger partial charge in [0.25, 0.3) is 5.91 Å². The maximum atomic E-state index is 12.1. The molecule has 7 heteroatoms. The summed E-state index contributed by atoms with van der Waals surface area (Å²) in [5.41, 5.74) is 1.24. The van der Waals surface area contributed by atoms with Crippen LogP contribution in [-0.2, 0) is 9.59 Å². The molecule has 0 spiro atoms. The lowest BCUT2D eigenvalue weighted by atomic mass is 10.1. The summed E-state index contributed by atoms with van der Waals surface area (Å²) in [5, 5.41) is 11.3. The van der Waals surface area contributed by atoms with Crippen molar-refractivity contribution in [1.29, 1.82) is 0 Å². The maximum Gasteiger partial charge on any atom is 0.251 e. The van der Waals surface area contributed by atoms with E-state index in [1.54, 1.807) is 29.2 Å². The quantitative estimate of drug-likeness (QED) is 0.811. The van der Waals surface area contributed by atoms with Gasteiger partial charge in [0, 0.05) is 43.4 Å². The van der Waals surface area contributed by atoms with Gasteiger partial charge in [-0.25, -0.2) is 0 Å². The van der Waals surface area contributed by atoms with Gasteiger partial charge in [0.1, 0.15) is 0 Å². The van der Waals surface area contributed by atoms with Crippen LogP contribution in [0, 0.1) is 5.92 Å². The molecule has 1 aliphatic heterocycles. The third-order valence-electron chi connectivity index (χ3n) is 3.57. The van der Waals surface area contributed by atoms with E-state index in [1.807, 2.05) is 0 Å². The Hall–Kier alpha value is -1.86. The van der Waals surface area contributed by atoms with Crippen molar-refractivity contribution in [3.8, 4) is 0 Å². The Labute approximate surface area is 139 Å². The Bertz CT molecular complexity index is 588. The molecule has 1 aliphatic rings. The molecule has 6 nitrogen and oxygen atoms in total. The molecule has 2 N–H and O–H groups in total. The van der Waals surface area contributed by atoms with Crippen LogP contribution in [0.4, 0.5) is 5.69 Å². The zero-order valence-corrected chi connectivity index (χ0v) is 13.8. The highest BCUT2D eigenvalue weighted by Crippen LogP contribution is 2.27. The lowest BCUT2D eigenvalue weighted by molar-refractivity contribution is -0.117. The van der Waals surface area contributed by atoms with Gasteiger partial charge in [-0.1, -0.05) is 11.8 Å². The van der Waals surface area contributed by atoms with Crippen LogP contribution in [0.2, 0.25) is 0 Å². The molecule has 1 aromatic carbocycles. The number of benzene rings is 1. The van der Waals surface area contributed by atoms with E-state index in [2.05, 4.69) is 5.32 Å². The number of hydrogen-bond acceptors (Lipinski definition) is 5. The molecule has 1 fully saturated rings. The van der Waals surface area contributed by atoms with E-state index >= 15 is 0 Å². The first-order valence-electron chi connectivity index (χ1n) is 7.44. The summed E-state index contributed by atoms with van der Waals surface area (Å²) >= 11 is 1.25. The average molecular weight is 336 g/mol. The van der Waals surface area contributed by atoms with Crippen molar-refractivity contribution in [2.24, 2.45) is 5.92 Å².